The fourth-order valence-corrected chi connectivity index (χ4v) is 2.78. The van der Waals surface area contributed by atoms with E-state index in [2.05, 4.69) is 51.2 Å². The normalized spacial score (nSPS) is 20.2. The standard InChI is InChI=1S/C16H32N2/c1-6-17-15(16(2,3)18(4)5)14-12-10-8-7-9-11-13-14/h12,15,17H,6-11,13H2,1-5H3. The van der Waals surface area contributed by atoms with Gasteiger partial charge in [-0.25, -0.2) is 0 Å². The van der Waals surface area contributed by atoms with E-state index in [-0.39, 0.29) is 5.54 Å². The Balaban J connectivity index is 2.88. The van der Waals surface area contributed by atoms with E-state index in [9.17, 15) is 0 Å². The SMILES string of the molecule is CCNC(C1=CCCCCCC1)C(C)(C)N(C)C. The van der Waals surface area contributed by atoms with Crippen molar-refractivity contribution < 1.29 is 0 Å². The Kier molecular flexibility index (Phi) is 6.37. The highest BCUT2D eigenvalue weighted by Gasteiger charge is 2.33. The molecule has 1 unspecified atom stereocenters. The molecule has 1 aliphatic carbocycles. The summed E-state index contributed by atoms with van der Waals surface area (Å²) in [5, 5.41) is 3.71. The zero-order valence-corrected chi connectivity index (χ0v) is 13.1. The van der Waals surface area contributed by atoms with Gasteiger partial charge in [-0.3, -0.25) is 0 Å². The lowest BCUT2D eigenvalue weighted by molar-refractivity contribution is 0.152. The van der Waals surface area contributed by atoms with Crippen molar-refractivity contribution in [2.75, 3.05) is 20.6 Å². The zero-order valence-electron chi connectivity index (χ0n) is 13.1. The van der Waals surface area contributed by atoms with Crippen molar-refractivity contribution in [3.05, 3.63) is 11.6 Å². The van der Waals surface area contributed by atoms with E-state index in [0.29, 0.717) is 6.04 Å². The highest BCUT2D eigenvalue weighted by molar-refractivity contribution is 5.18. The van der Waals surface area contributed by atoms with E-state index in [0.717, 1.165) is 6.54 Å². The number of hydrogen-bond acceptors (Lipinski definition) is 2. The molecule has 18 heavy (non-hydrogen) atoms. The number of allylic oxidation sites excluding steroid dienone is 1. The van der Waals surface area contributed by atoms with Crippen LogP contribution in [0.15, 0.2) is 11.6 Å². The Bertz CT molecular complexity index is 266. The first-order chi connectivity index (χ1) is 8.50. The first kappa shape index (κ1) is 15.7. The third-order valence-electron chi connectivity index (χ3n) is 4.46. The minimum Gasteiger partial charge on any atom is -0.309 e. The molecule has 1 aliphatic rings. The topological polar surface area (TPSA) is 15.3 Å². The minimum atomic E-state index is 0.168. The van der Waals surface area contributed by atoms with Gasteiger partial charge in [-0.15, -0.1) is 0 Å². The second-order valence-electron chi connectivity index (χ2n) is 6.27. The van der Waals surface area contributed by atoms with Crippen LogP contribution in [0, 0.1) is 0 Å². The van der Waals surface area contributed by atoms with Gasteiger partial charge in [-0.05, 0) is 60.2 Å². The van der Waals surface area contributed by atoms with E-state index in [1.165, 1.54) is 38.5 Å². The molecule has 1 N–H and O–H groups in total. The van der Waals surface area contributed by atoms with Crippen LogP contribution in [-0.2, 0) is 0 Å². The van der Waals surface area contributed by atoms with Crippen LogP contribution in [-0.4, -0.2) is 37.1 Å². The van der Waals surface area contributed by atoms with Crippen LogP contribution in [0.4, 0.5) is 0 Å². The highest BCUT2D eigenvalue weighted by Crippen LogP contribution is 2.27. The second-order valence-corrected chi connectivity index (χ2v) is 6.27. The van der Waals surface area contributed by atoms with Crippen molar-refractivity contribution in [3.63, 3.8) is 0 Å². The molecule has 0 saturated heterocycles. The summed E-state index contributed by atoms with van der Waals surface area (Å²) in [6, 6.07) is 0.482. The Morgan fingerprint density at radius 2 is 1.89 bits per heavy atom. The largest absolute Gasteiger partial charge is 0.309 e. The molecule has 0 spiro atoms. The van der Waals surface area contributed by atoms with Crippen LogP contribution in [0.1, 0.15) is 59.3 Å². The predicted octanol–water partition coefficient (Wildman–Crippen LogP) is 3.59. The van der Waals surface area contributed by atoms with Gasteiger partial charge in [0, 0.05) is 11.6 Å². The average molecular weight is 252 g/mol. The van der Waals surface area contributed by atoms with Crippen LogP contribution >= 0.6 is 0 Å². The summed E-state index contributed by atoms with van der Waals surface area (Å²) in [7, 11) is 4.38. The summed E-state index contributed by atoms with van der Waals surface area (Å²) < 4.78 is 0. The van der Waals surface area contributed by atoms with Crippen molar-refractivity contribution in [1.29, 1.82) is 0 Å². The zero-order chi connectivity index (χ0) is 13.6. The maximum atomic E-state index is 3.71. The third kappa shape index (κ3) is 4.10. The van der Waals surface area contributed by atoms with Crippen molar-refractivity contribution in [2.45, 2.75) is 70.9 Å². The van der Waals surface area contributed by atoms with E-state index < -0.39 is 0 Å². The van der Waals surface area contributed by atoms with Gasteiger partial charge in [0.15, 0.2) is 0 Å². The van der Waals surface area contributed by atoms with Gasteiger partial charge in [0.2, 0.25) is 0 Å². The van der Waals surface area contributed by atoms with E-state index in [1.807, 2.05) is 0 Å². The lowest BCUT2D eigenvalue weighted by Crippen LogP contribution is -2.56. The number of likely N-dealkylation sites (N-methyl/N-ethyl adjacent to an activating group) is 2. The quantitative estimate of drug-likeness (QED) is 0.752. The molecule has 1 rings (SSSR count). The molecule has 0 amide bonds. The third-order valence-corrected chi connectivity index (χ3v) is 4.46. The van der Waals surface area contributed by atoms with Gasteiger partial charge in [-0.2, -0.15) is 0 Å². The first-order valence-corrected chi connectivity index (χ1v) is 7.60. The molecule has 1 atom stereocenters. The van der Waals surface area contributed by atoms with E-state index in [1.54, 1.807) is 5.57 Å². The average Bonchev–Trinajstić information content (AvgIpc) is 2.26. The van der Waals surface area contributed by atoms with E-state index >= 15 is 0 Å². The first-order valence-electron chi connectivity index (χ1n) is 7.60. The second kappa shape index (κ2) is 7.30. The predicted molar refractivity (Wildman–Crippen MR) is 81.0 cm³/mol. The number of nitrogens with zero attached hydrogens (tertiary/aromatic N) is 1. The Hall–Kier alpha value is -0.340. The van der Waals surface area contributed by atoms with Crippen LogP contribution in [0.5, 0.6) is 0 Å². The van der Waals surface area contributed by atoms with Crippen LogP contribution in [0.3, 0.4) is 0 Å². The number of rotatable bonds is 5. The fourth-order valence-electron chi connectivity index (χ4n) is 2.78. The molecule has 0 fully saturated rings. The van der Waals surface area contributed by atoms with Gasteiger partial charge in [-0.1, -0.05) is 31.4 Å². The monoisotopic (exact) mass is 252 g/mol. The molecular formula is C16H32N2. The molecule has 0 saturated carbocycles. The lowest BCUT2D eigenvalue weighted by atomic mass is 9.83. The van der Waals surface area contributed by atoms with Gasteiger partial charge in [0.1, 0.15) is 0 Å². The molecule has 0 aromatic carbocycles. The van der Waals surface area contributed by atoms with Gasteiger partial charge < -0.3 is 10.2 Å². The molecule has 0 aliphatic heterocycles. The van der Waals surface area contributed by atoms with Crippen molar-refractivity contribution in [3.8, 4) is 0 Å². The summed E-state index contributed by atoms with van der Waals surface area (Å²) in [4.78, 5) is 2.35. The number of nitrogens with one attached hydrogen (secondary N) is 1. The van der Waals surface area contributed by atoms with Crippen molar-refractivity contribution in [2.24, 2.45) is 0 Å². The van der Waals surface area contributed by atoms with Crippen molar-refractivity contribution in [1.82, 2.24) is 10.2 Å². The van der Waals surface area contributed by atoms with Gasteiger partial charge in [0.25, 0.3) is 0 Å². The van der Waals surface area contributed by atoms with E-state index in [4.69, 9.17) is 0 Å². The number of hydrogen-bond donors (Lipinski definition) is 1. The Labute approximate surface area is 114 Å². The summed E-state index contributed by atoms with van der Waals surface area (Å²) in [6.45, 7) is 7.95. The van der Waals surface area contributed by atoms with Crippen LogP contribution in [0.2, 0.25) is 0 Å². The fraction of sp³-hybridized carbons (Fsp3) is 0.875. The summed E-state index contributed by atoms with van der Waals surface area (Å²) >= 11 is 0. The van der Waals surface area contributed by atoms with Gasteiger partial charge in [0.05, 0.1) is 0 Å². The molecular weight excluding hydrogens is 220 g/mol. The highest BCUT2D eigenvalue weighted by atomic mass is 15.2. The molecule has 2 nitrogen and oxygen atoms in total. The molecule has 0 heterocycles. The summed E-state index contributed by atoms with van der Waals surface area (Å²) in [5.41, 5.74) is 1.80. The molecule has 106 valence electrons. The smallest absolute Gasteiger partial charge is 0.0460 e. The van der Waals surface area contributed by atoms with Crippen molar-refractivity contribution >= 4 is 0 Å². The summed E-state index contributed by atoms with van der Waals surface area (Å²) in [6.07, 6.45) is 10.6. The minimum absolute atomic E-state index is 0.168. The molecule has 2 heteroatoms. The molecule has 0 aromatic rings. The Morgan fingerprint density at radius 1 is 1.22 bits per heavy atom. The maximum Gasteiger partial charge on any atom is 0.0460 e. The molecule has 0 aromatic heterocycles. The van der Waals surface area contributed by atoms with Crippen LogP contribution < -0.4 is 5.32 Å². The van der Waals surface area contributed by atoms with Gasteiger partial charge >= 0.3 is 0 Å². The lowest BCUT2D eigenvalue weighted by Gasteiger charge is -2.42. The molecule has 0 bridgehead atoms. The summed E-state index contributed by atoms with van der Waals surface area (Å²) in [5.74, 6) is 0. The Morgan fingerprint density at radius 3 is 2.50 bits per heavy atom. The van der Waals surface area contributed by atoms with Crippen LogP contribution in [0.25, 0.3) is 0 Å². The maximum absolute atomic E-state index is 3.71. The molecule has 0 radical (unpaired) electrons.